The van der Waals surface area contributed by atoms with E-state index in [2.05, 4.69) is 15.5 Å². The van der Waals surface area contributed by atoms with Gasteiger partial charge in [0.2, 0.25) is 5.91 Å². The first-order chi connectivity index (χ1) is 15.1. The molecule has 158 valence electrons. The van der Waals surface area contributed by atoms with Crippen molar-refractivity contribution in [3.05, 3.63) is 104 Å². The number of carbonyl (C=O) groups excluding carboxylic acids is 1. The summed E-state index contributed by atoms with van der Waals surface area (Å²) >= 11 is 2.70. The van der Waals surface area contributed by atoms with Crippen LogP contribution in [0.1, 0.15) is 22.0 Å². The highest BCUT2D eigenvalue weighted by molar-refractivity contribution is 7.99. The number of H-pyrrole nitrogens is 1. The van der Waals surface area contributed by atoms with Gasteiger partial charge in [-0.25, -0.2) is 14.3 Å². The zero-order chi connectivity index (χ0) is 21.6. The van der Waals surface area contributed by atoms with Gasteiger partial charge in [-0.2, -0.15) is 0 Å². The SMILES string of the molecule is O=C(CSc1n[nH]c(=O)n1Cc1ccccc1)NC(c1ccc(F)cc1)c1cccs1. The number of aromatic amines is 1. The molecular weight excluding hydrogens is 435 g/mol. The molecule has 1 unspecified atom stereocenters. The number of amides is 1. The van der Waals surface area contributed by atoms with Crippen molar-refractivity contribution in [3.8, 4) is 0 Å². The van der Waals surface area contributed by atoms with Crippen LogP contribution in [-0.2, 0) is 11.3 Å². The zero-order valence-corrected chi connectivity index (χ0v) is 18.0. The van der Waals surface area contributed by atoms with Crippen molar-refractivity contribution < 1.29 is 9.18 Å². The lowest BCUT2D eigenvalue weighted by atomic mass is 10.1. The Morgan fingerprint density at radius 3 is 2.61 bits per heavy atom. The van der Waals surface area contributed by atoms with Gasteiger partial charge < -0.3 is 5.32 Å². The van der Waals surface area contributed by atoms with Crippen LogP contribution in [0.25, 0.3) is 0 Å². The Bertz CT molecular complexity index is 1190. The maximum Gasteiger partial charge on any atom is 0.344 e. The summed E-state index contributed by atoms with van der Waals surface area (Å²) in [7, 11) is 0. The third-order valence-corrected chi connectivity index (χ3v) is 6.49. The molecule has 9 heteroatoms. The monoisotopic (exact) mass is 454 g/mol. The number of nitrogens with one attached hydrogen (secondary N) is 2. The van der Waals surface area contributed by atoms with Gasteiger partial charge in [0, 0.05) is 4.88 Å². The first-order valence-corrected chi connectivity index (χ1v) is 11.4. The third-order valence-electron chi connectivity index (χ3n) is 4.58. The summed E-state index contributed by atoms with van der Waals surface area (Å²) in [6.45, 7) is 0.369. The molecule has 0 bridgehead atoms. The fourth-order valence-corrected chi connectivity index (χ4v) is 4.64. The van der Waals surface area contributed by atoms with E-state index >= 15 is 0 Å². The molecule has 0 aliphatic rings. The van der Waals surface area contributed by atoms with Crippen molar-refractivity contribution in [1.29, 1.82) is 0 Å². The second-order valence-corrected chi connectivity index (χ2v) is 8.66. The lowest BCUT2D eigenvalue weighted by Crippen LogP contribution is -2.30. The van der Waals surface area contributed by atoms with Crippen molar-refractivity contribution in [1.82, 2.24) is 20.1 Å². The Balaban J connectivity index is 1.45. The van der Waals surface area contributed by atoms with E-state index in [1.807, 2.05) is 47.8 Å². The fraction of sp³-hybridized carbons (Fsp3) is 0.136. The molecule has 2 N–H and O–H groups in total. The number of aromatic nitrogens is 3. The summed E-state index contributed by atoms with van der Waals surface area (Å²) in [5.74, 6) is -0.456. The first-order valence-electron chi connectivity index (χ1n) is 9.50. The average Bonchev–Trinajstić information content (AvgIpc) is 3.43. The topological polar surface area (TPSA) is 79.8 Å². The molecule has 0 spiro atoms. The van der Waals surface area contributed by atoms with E-state index < -0.39 is 0 Å². The number of hydrogen-bond acceptors (Lipinski definition) is 5. The van der Waals surface area contributed by atoms with Gasteiger partial charge in [-0.15, -0.1) is 16.4 Å². The lowest BCUT2D eigenvalue weighted by Gasteiger charge is -2.18. The largest absolute Gasteiger partial charge is 0.344 e. The van der Waals surface area contributed by atoms with Gasteiger partial charge >= 0.3 is 5.69 Å². The van der Waals surface area contributed by atoms with Crippen LogP contribution >= 0.6 is 23.1 Å². The van der Waals surface area contributed by atoms with Crippen molar-refractivity contribution in [2.45, 2.75) is 17.7 Å². The Kier molecular flexibility index (Phi) is 6.63. The summed E-state index contributed by atoms with van der Waals surface area (Å²) in [4.78, 5) is 25.8. The molecule has 0 fully saturated rings. The number of benzene rings is 2. The number of carbonyl (C=O) groups is 1. The molecule has 4 rings (SSSR count). The molecule has 4 aromatic rings. The number of hydrogen-bond donors (Lipinski definition) is 2. The van der Waals surface area contributed by atoms with Crippen LogP contribution in [0.3, 0.4) is 0 Å². The van der Waals surface area contributed by atoms with E-state index in [9.17, 15) is 14.0 Å². The fourth-order valence-electron chi connectivity index (χ4n) is 3.08. The van der Waals surface area contributed by atoms with Gasteiger partial charge in [-0.1, -0.05) is 60.3 Å². The van der Waals surface area contributed by atoms with Crippen LogP contribution in [0.4, 0.5) is 4.39 Å². The van der Waals surface area contributed by atoms with Crippen LogP contribution in [0.15, 0.2) is 82.1 Å². The van der Waals surface area contributed by atoms with Gasteiger partial charge in [0.1, 0.15) is 5.82 Å². The van der Waals surface area contributed by atoms with E-state index in [0.717, 1.165) is 16.0 Å². The van der Waals surface area contributed by atoms with Crippen LogP contribution in [0.2, 0.25) is 0 Å². The van der Waals surface area contributed by atoms with Crippen molar-refractivity contribution in [2.24, 2.45) is 0 Å². The molecule has 2 heterocycles. The summed E-state index contributed by atoms with van der Waals surface area (Å²) in [5.41, 5.74) is 1.43. The smallest absolute Gasteiger partial charge is 0.344 e. The van der Waals surface area contributed by atoms with Gasteiger partial charge in [0.25, 0.3) is 0 Å². The van der Waals surface area contributed by atoms with Crippen LogP contribution in [0.5, 0.6) is 0 Å². The van der Waals surface area contributed by atoms with E-state index in [1.165, 1.54) is 39.8 Å². The molecule has 2 aromatic heterocycles. The van der Waals surface area contributed by atoms with E-state index in [0.29, 0.717) is 11.7 Å². The van der Waals surface area contributed by atoms with Gasteiger partial charge in [-0.05, 0) is 34.7 Å². The van der Waals surface area contributed by atoms with Gasteiger partial charge in [-0.3, -0.25) is 9.36 Å². The van der Waals surface area contributed by atoms with Gasteiger partial charge in [0.05, 0.1) is 18.3 Å². The van der Waals surface area contributed by atoms with Crippen molar-refractivity contribution in [3.63, 3.8) is 0 Å². The highest BCUT2D eigenvalue weighted by atomic mass is 32.2. The lowest BCUT2D eigenvalue weighted by molar-refractivity contribution is -0.119. The molecule has 0 aliphatic heterocycles. The van der Waals surface area contributed by atoms with E-state index in [-0.39, 0.29) is 29.2 Å². The Labute approximate surface area is 186 Å². The minimum atomic E-state index is -0.376. The highest BCUT2D eigenvalue weighted by Gasteiger charge is 2.19. The number of thiophene rings is 1. The number of nitrogens with zero attached hydrogens (tertiary/aromatic N) is 2. The maximum atomic E-state index is 13.3. The molecule has 0 radical (unpaired) electrons. The molecule has 2 aromatic carbocycles. The highest BCUT2D eigenvalue weighted by Crippen LogP contribution is 2.26. The minimum Gasteiger partial charge on any atom is -0.344 e. The Hall–Kier alpha value is -3.17. The van der Waals surface area contributed by atoms with Crippen LogP contribution in [0, 0.1) is 5.82 Å². The molecule has 1 atom stereocenters. The summed E-state index contributed by atoms with van der Waals surface area (Å²) in [6, 6.07) is 19.1. The summed E-state index contributed by atoms with van der Waals surface area (Å²) < 4.78 is 14.8. The predicted molar refractivity (Wildman–Crippen MR) is 120 cm³/mol. The standard InChI is InChI=1S/C22H19FN4O2S2/c23-17-10-8-16(9-11-17)20(18-7-4-12-30-18)24-19(28)14-31-22-26-25-21(29)27(22)13-15-5-2-1-3-6-15/h1-12,20H,13-14H2,(H,24,28)(H,25,29). The van der Waals surface area contributed by atoms with Crippen LogP contribution < -0.4 is 11.0 Å². The molecule has 6 nitrogen and oxygen atoms in total. The van der Waals surface area contributed by atoms with Crippen molar-refractivity contribution in [2.75, 3.05) is 5.75 Å². The number of thioether (sulfide) groups is 1. The molecule has 0 saturated carbocycles. The normalized spacial score (nSPS) is 11.9. The van der Waals surface area contributed by atoms with Crippen molar-refractivity contribution >= 4 is 29.0 Å². The van der Waals surface area contributed by atoms with E-state index in [4.69, 9.17) is 0 Å². The second-order valence-electron chi connectivity index (χ2n) is 6.74. The molecular formula is C22H19FN4O2S2. The van der Waals surface area contributed by atoms with Crippen LogP contribution in [-0.4, -0.2) is 26.4 Å². The molecule has 1 amide bonds. The number of rotatable bonds is 8. The first kappa shape index (κ1) is 21.1. The third kappa shape index (κ3) is 5.31. The molecule has 31 heavy (non-hydrogen) atoms. The minimum absolute atomic E-state index is 0.0855. The maximum absolute atomic E-state index is 13.3. The number of halogens is 1. The second kappa shape index (κ2) is 9.76. The zero-order valence-electron chi connectivity index (χ0n) is 16.3. The summed E-state index contributed by atoms with van der Waals surface area (Å²) in [6.07, 6.45) is 0. The summed E-state index contributed by atoms with van der Waals surface area (Å²) in [5, 5.41) is 11.9. The Morgan fingerprint density at radius 1 is 1.13 bits per heavy atom. The Morgan fingerprint density at radius 2 is 1.90 bits per heavy atom. The van der Waals surface area contributed by atoms with E-state index in [1.54, 1.807) is 12.1 Å². The quantitative estimate of drug-likeness (QED) is 0.397. The molecule has 0 aliphatic carbocycles. The molecule has 0 saturated heterocycles. The predicted octanol–water partition coefficient (Wildman–Crippen LogP) is 3.82. The van der Waals surface area contributed by atoms with Gasteiger partial charge in [0.15, 0.2) is 5.16 Å². The average molecular weight is 455 g/mol.